The van der Waals surface area contributed by atoms with Gasteiger partial charge in [-0.05, 0) is 24.3 Å². The Morgan fingerprint density at radius 2 is 1.76 bits per heavy atom. The van der Waals surface area contributed by atoms with E-state index in [4.69, 9.17) is 4.74 Å². The van der Waals surface area contributed by atoms with Gasteiger partial charge in [-0.25, -0.2) is 4.39 Å². The summed E-state index contributed by atoms with van der Waals surface area (Å²) in [6.45, 7) is 0. The standard InChI is InChI=1S/C14H14FNO/c1-16(12-6-4-3-5-7-12)13-10-11(15)8-9-14(13)17-2/h3-10H,1-2H3. The molecule has 0 spiro atoms. The van der Waals surface area contributed by atoms with Crippen molar-refractivity contribution in [1.82, 2.24) is 0 Å². The van der Waals surface area contributed by atoms with Crippen molar-refractivity contribution in [2.45, 2.75) is 0 Å². The monoisotopic (exact) mass is 231 g/mol. The Balaban J connectivity index is 2.43. The van der Waals surface area contributed by atoms with Gasteiger partial charge in [0.1, 0.15) is 11.6 Å². The smallest absolute Gasteiger partial charge is 0.142 e. The molecular formula is C14H14FNO. The quantitative estimate of drug-likeness (QED) is 0.800. The van der Waals surface area contributed by atoms with Gasteiger partial charge in [-0.15, -0.1) is 0 Å². The summed E-state index contributed by atoms with van der Waals surface area (Å²) in [5.74, 6) is 0.376. The van der Waals surface area contributed by atoms with Gasteiger partial charge in [0.2, 0.25) is 0 Å². The topological polar surface area (TPSA) is 12.5 Å². The van der Waals surface area contributed by atoms with Crippen molar-refractivity contribution < 1.29 is 9.13 Å². The van der Waals surface area contributed by atoms with Crippen molar-refractivity contribution in [1.29, 1.82) is 0 Å². The van der Waals surface area contributed by atoms with Crippen LogP contribution in [0, 0.1) is 5.82 Å². The SMILES string of the molecule is COc1ccc(F)cc1N(C)c1ccccc1. The van der Waals surface area contributed by atoms with Gasteiger partial charge in [-0.3, -0.25) is 0 Å². The second-order valence-electron chi connectivity index (χ2n) is 3.71. The minimum Gasteiger partial charge on any atom is -0.495 e. The molecule has 88 valence electrons. The fourth-order valence-corrected chi connectivity index (χ4v) is 1.72. The highest BCUT2D eigenvalue weighted by Crippen LogP contribution is 2.32. The molecule has 0 saturated carbocycles. The number of benzene rings is 2. The van der Waals surface area contributed by atoms with Gasteiger partial charge in [0.05, 0.1) is 12.8 Å². The molecule has 0 heterocycles. The van der Waals surface area contributed by atoms with Crippen molar-refractivity contribution in [3.8, 4) is 5.75 Å². The highest BCUT2D eigenvalue weighted by molar-refractivity contribution is 5.68. The predicted molar refractivity (Wildman–Crippen MR) is 67.5 cm³/mol. The summed E-state index contributed by atoms with van der Waals surface area (Å²) in [6.07, 6.45) is 0. The van der Waals surface area contributed by atoms with E-state index in [1.807, 2.05) is 42.3 Å². The van der Waals surface area contributed by atoms with Gasteiger partial charge < -0.3 is 9.64 Å². The average molecular weight is 231 g/mol. The third-order valence-corrected chi connectivity index (χ3v) is 2.65. The minimum absolute atomic E-state index is 0.274. The number of methoxy groups -OCH3 is 1. The molecule has 0 N–H and O–H groups in total. The molecule has 0 radical (unpaired) electrons. The van der Waals surface area contributed by atoms with Gasteiger partial charge in [0, 0.05) is 18.8 Å². The lowest BCUT2D eigenvalue weighted by Crippen LogP contribution is -2.10. The van der Waals surface area contributed by atoms with E-state index in [1.165, 1.54) is 12.1 Å². The Hall–Kier alpha value is -2.03. The predicted octanol–water partition coefficient (Wildman–Crippen LogP) is 3.60. The van der Waals surface area contributed by atoms with E-state index in [-0.39, 0.29) is 5.82 Å². The Kier molecular flexibility index (Phi) is 3.28. The molecule has 2 nitrogen and oxygen atoms in total. The number of ether oxygens (including phenoxy) is 1. The second-order valence-corrected chi connectivity index (χ2v) is 3.71. The molecule has 0 aliphatic heterocycles. The summed E-state index contributed by atoms with van der Waals surface area (Å²) in [5.41, 5.74) is 1.69. The molecule has 0 aliphatic rings. The summed E-state index contributed by atoms with van der Waals surface area (Å²) in [4.78, 5) is 1.89. The number of hydrogen-bond donors (Lipinski definition) is 0. The molecule has 0 bridgehead atoms. The fraction of sp³-hybridized carbons (Fsp3) is 0.143. The number of anilines is 2. The van der Waals surface area contributed by atoms with E-state index in [0.717, 1.165) is 5.69 Å². The van der Waals surface area contributed by atoms with E-state index in [1.54, 1.807) is 13.2 Å². The molecule has 0 fully saturated rings. The average Bonchev–Trinajstić information content (AvgIpc) is 2.39. The first-order chi connectivity index (χ1) is 8.22. The van der Waals surface area contributed by atoms with Gasteiger partial charge in [-0.2, -0.15) is 0 Å². The summed E-state index contributed by atoms with van der Waals surface area (Å²) in [7, 11) is 3.46. The lowest BCUT2D eigenvalue weighted by atomic mass is 10.2. The molecule has 2 rings (SSSR count). The summed E-state index contributed by atoms with van der Waals surface area (Å²) >= 11 is 0. The largest absolute Gasteiger partial charge is 0.495 e. The zero-order chi connectivity index (χ0) is 12.3. The minimum atomic E-state index is -0.274. The summed E-state index contributed by atoms with van der Waals surface area (Å²) in [6, 6.07) is 14.2. The molecule has 0 aliphatic carbocycles. The zero-order valence-corrected chi connectivity index (χ0v) is 9.85. The first-order valence-electron chi connectivity index (χ1n) is 5.34. The van der Waals surface area contributed by atoms with Crippen molar-refractivity contribution in [2.75, 3.05) is 19.1 Å². The first-order valence-corrected chi connectivity index (χ1v) is 5.34. The Bertz CT molecular complexity index is 499. The number of halogens is 1. The maximum atomic E-state index is 13.3. The highest BCUT2D eigenvalue weighted by Gasteiger charge is 2.10. The third-order valence-electron chi connectivity index (χ3n) is 2.65. The second kappa shape index (κ2) is 4.87. The highest BCUT2D eigenvalue weighted by atomic mass is 19.1. The van der Waals surface area contributed by atoms with E-state index in [2.05, 4.69) is 0 Å². The van der Waals surface area contributed by atoms with Crippen molar-refractivity contribution in [2.24, 2.45) is 0 Å². The van der Waals surface area contributed by atoms with E-state index >= 15 is 0 Å². The summed E-state index contributed by atoms with van der Waals surface area (Å²) in [5, 5.41) is 0. The van der Waals surface area contributed by atoms with Crippen LogP contribution in [0.3, 0.4) is 0 Å². The molecule has 2 aromatic carbocycles. The van der Waals surface area contributed by atoms with Gasteiger partial charge >= 0.3 is 0 Å². The molecule has 0 amide bonds. The molecule has 0 atom stereocenters. The Morgan fingerprint density at radius 1 is 1.06 bits per heavy atom. The van der Waals surface area contributed by atoms with Gasteiger partial charge in [0.25, 0.3) is 0 Å². The molecular weight excluding hydrogens is 217 g/mol. The van der Waals surface area contributed by atoms with Crippen LogP contribution >= 0.6 is 0 Å². The first kappa shape index (κ1) is 11.5. The zero-order valence-electron chi connectivity index (χ0n) is 9.85. The van der Waals surface area contributed by atoms with Crippen LogP contribution in [0.5, 0.6) is 5.75 Å². The normalized spacial score (nSPS) is 10.1. The molecule has 0 unspecified atom stereocenters. The van der Waals surface area contributed by atoms with Crippen LogP contribution in [0.25, 0.3) is 0 Å². The molecule has 0 aromatic heterocycles. The van der Waals surface area contributed by atoms with E-state index in [0.29, 0.717) is 11.4 Å². The van der Waals surface area contributed by atoms with E-state index in [9.17, 15) is 4.39 Å². The van der Waals surface area contributed by atoms with Crippen LogP contribution in [-0.2, 0) is 0 Å². The van der Waals surface area contributed by atoms with Crippen molar-refractivity contribution in [3.63, 3.8) is 0 Å². The molecule has 17 heavy (non-hydrogen) atoms. The van der Waals surface area contributed by atoms with Crippen molar-refractivity contribution in [3.05, 3.63) is 54.3 Å². The molecule has 2 aromatic rings. The lowest BCUT2D eigenvalue weighted by molar-refractivity contribution is 0.414. The number of nitrogens with zero attached hydrogens (tertiary/aromatic N) is 1. The molecule has 0 saturated heterocycles. The van der Waals surface area contributed by atoms with E-state index < -0.39 is 0 Å². The lowest BCUT2D eigenvalue weighted by Gasteiger charge is -2.21. The van der Waals surface area contributed by atoms with Crippen LogP contribution in [0.4, 0.5) is 15.8 Å². The fourth-order valence-electron chi connectivity index (χ4n) is 1.72. The van der Waals surface area contributed by atoms with Crippen LogP contribution in [0.1, 0.15) is 0 Å². The Labute approximate surface area is 100 Å². The number of rotatable bonds is 3. The maximum absolute atomic E-state index is 13.3. The van der Waals surface area contributed by atoms with Gasteiger partial charge in [0.15, 0.2) is 0 Å². The molecule has 3 heteroatoms. The van der Waals surface area contributed by atoms with Crippen LogP contribution in [0.2, 0.25) is 0 Å². The summed E-state index contributed by atoms with van der Waals surface area (Å²) < 4.78 is 18.5. The van der Waals surface area contributed by atoms with Gasteiger partial charge in [-0.1, -0.05) is 18.2 Å². The number of para-hydroxylation sites is 1. The maximum Gasteiger partial charge on any atom is 0.142 e. The van der Waals surface area contributed by atoms with Crippen molar-refractivity contribution >= 4 is 11.4 Å². The Morgan fingerprint density at radius 3 is 2.41 bits per heavy atom. The third kappa shape index (κ3) is 2.38. The number of hydrogen-bond acceptors (Lipinski definition) is 2. The van der Waals surface area contributed by atoms with Crippen LogP contribution in [-0.4, -0.2) is 14.2 Å². The van der Waals surface area contributed by atoms with Crippen LogP contribution < -0.4 is 9.64 Å². The van der Waals surface area contributed by atoms with Crippen LogP contribution in [0.15, 0.2) is 48.5 Å².